The summed E-state index contributed by atoms with van der Waals surface area (Å²) in [6, 6.07) is 16.4. The van der Waals surface area contributed by atoms with Crippen molar-refractivity contribution >= 4 is 11.8 Å². The van der Waals surface area contributed by atoms with Crippen molar-refractivity contribution in [2.24, 2.45) is 0 Å². The zero-order chi connectivity index (χ0) is 23.3. The SMILES string of the molecule is CCCc1c(OCc2ccc(C(O)c3cccc(C(=O)[O-])c3)cc2)ccc(C(C)=O)c1O.[Na+]. The number of aromatic carboxylic acids is 1. The molecule has 0 saturated carbocycles. The van der Waals surface area contributed by atoms with Crippen LogP contribution in [0.1, 0.15) is 69.3 Å². The Labute approximate surface area is 215 Å². The molecule has 0 aromatic heterocycles. The largest absolute Gasteiger partial charge is 1.00 e. The van der Waals surface area contributed by atoms with Crippen LogP contribution in [0, 0.1) is 0 Å². The molecule has 1 unspecified atom stereocenters. The second kappa shape index (κ2) is 12.0. The number of rotatable bonds is 9. The van der Waals surface area contributed by atoms with Gasteiger partial charge in [0.05, 0.1) is 11.5 Å². The van der Waals surface area contributed by atoms with Gasteiger partial charge in [0, 0.05) is 5.56 Å². The molecule has 0 saturated heterocycles. The van der Waals surface area contributed by atoms with Gasteiger partial charge in [-0.2, -0.15) is 0 Å². The summed E-state index contributed by atoms with van der Waals surface area (Å²) in [6.45, 7) is 3.64. The maximum Gasteiger partial charge on any atom is 1.00 e. The van der Waals surface area contributed by atoms with E-state index >= 15 is 0 Å². The van der Waals surface area contributed by atoms with E-state index in [-0.39, 0.29) is 58.8 Å². The van der Waals surface area contributed by atoms with Gasteiger partial charge in [-0.15, -0.1) is 0 Å². The summed E-state index contributed by atoms with van der Waals surface area (Å²) >= 11 is 0. The van der Waals surface area contributed by atoms with E-state index < -0.39 is 12.1 Å². The van der Waals surface area contributed by atoms with Crippen molar-refractivity contribution < 1.29 is 59.2 Å². The Morgan fingerprint density at radius 3 is 2.33 bits per heavy atom. The fraction of sp³-hybridized carbons (Fsp3) is 0.231. The van der Waals surface area contributed by atoms with E-state index in [1.807, 2.05) is 19.1 Å². The molecule has 3 aromatic carbocycles. The molecule has 1 atom stereocenters. The molecule has 33 heavy (non-hydrogen) atoms. The van der Waals surface area contributed by atoms with Crippen LogP contribution in [0.2, 0.25) is 0 Å². The quantitative estimate of drug-likeness (QED) is 0.360. The summed E-state index contributed by atoms with van der Waals surface area (Å²) in [5.41, 5.74) is 2.82. The van der Waals surface area contributed by atoms with Gasteiger partial charge in [0.1, 0.15) is 24.2 Å². The van der Waals surface area contributed by atoms with E-state index in [1.54, 1.807) is 36.4 Å². The number of ether oxygens (including phenoxy) is 1. The maximum absolute atomic E-state index is 11.7. The van der Waals surface area contributed by atoms with Gasteiger partial charge in [0.2, 0.25) is 0 Å². The number of benzene rings is 3. The van der Waals surface area contributed by atoms with Crippen molar-refractivity contribution in [2.75, 3.05) is 0 Å². The number of hydrogen-bond donors (Lipinski definition) is 2. The van der Waals surface area contributed by atoms with Crippen molar-refractivity contribution in [3.63, 3.8) is 0 Å². The molecule has 0 aliphatic heterocycles. The molecule has 0 fully saturated rings. The molecule has 0 radical (unpaired) electrons. The zero-order valence-corrected chi connectivity index (χ0v) is 21.0. The number of carboxylic acids is 1. The monoisotopic (exact) mass is 456 g/mol. The number of carbonyl (C=O) groups is 2. The molecule has 0 amide bonds. The Balaban J connectivity index is 0.00000385. The van der Waals surface area contributed by atoms with Crippen LogP contribution in [-0.4, -0.2) is 22.0 Å². The van der Waals surface area contributed by atoms with Gasteiger partial charge in [-0.3, -0.25) is 4.79 Å². The Kier molecular flexibility index (Phi) is 9.68. The first-order valence-electron chi connectivity index (χ1n) is 10.4. The first-order valence-corrected chi connectivity index (χ1v) is 10.4. The number of aliphatic hydroxyl groups is 1. The van der Waals surface area contributed by atoms with E-state index in [1.165, 1.54) is 19.1 Å². The van der Waals surface area contributed by atoms with Gasteiger partial charge in [-0.05, 0) is 53.8 Å². The molecule has 0 spiro atoms. The summed E-state index contributed by atoms with van der Waals surface area (Å²) in [5.74, 6) is -1.01. The van der Waals surface area contributed by atoms with Crippen LogP contribution in [0.3, 0.4) is 0 Å². The Hall–Kier alpha value is -2.64. The van der Waals surface area contributed by atoms with Crippen LogP contribution in [0.5, 0.6) is 11.5 Å². The minimum atomic E-state index is -1.30. The zero-order valence-electron chi connectivity index (χ0n) is 19.0. The van der Waals surface area contributed by atoms with Gasteiger partial charge in [-0.1, -0.05) is 55.8 Å². The van der Waals surface area contributed by atoms with E-state index in [4.69, 9.17) is 4.74 Å². The topological polar surface area (TPSA) is 107 Å². The summed E-state index contributed by atoms with van der Waals surface area (Å²) in [7, 11) is 0. The van der Waals surface area contributed by atoms with Crippen molar-refractivity contribution in [1.82, 2.24) is 0 Å². The second-order valence-corrected chi connectivity index (χ2v) is 7.59. The van der Waals surface area contributed by atoms with E-state index in [0.29, 0.717) is 28.9 Å². The van der Waals surface area contributed by atoms with Crippen LogP contribution < -0.4 is 39.4 Å². The molecule has 0 bridgehead atoms. The number of carbonyl (C=O) groups excluding carboxylic acids is 2. The third-order valence-corrected chi connectivity index (χ3v) is 5.25. The van der Waals surface area contributed by atoms with Crippen molar-refractivity contribution in [1.29, 1.82) is 0 Å². The average Bonchev–Trinajstić information content (AvgIpc) is 2.79. The van der Waals surface area contributed by atoms with Crippen molar-refractivity contribution in [3.05, 3.63) is 94.0 Å². The van der Waals surface area contributed by atoms with Gasteiger partial charge >= 0.3 is 29.6 Å². The molecule has 7 heteroatoms. The minimum absolute atomic E-state index is 0. The van der Waals surface area contributed by atoms with Gasteiger partial charge < -0.3 is 24.9 Å². The summed E-state index contributed by atoms with van der Waals surface area (Å²) in [5, 5.41) is 32.1. The first-order chi connectivity index (χ1) is 15.3. The van der Waals surface area contributed by atoms with Gasteiger partial charge in [-0.25, -0.2) is 0 Å². The number of Topliss-reactive ketones (excluding diaryl/α,β-unsaturated/α-hetero) is 1. The van der Waals surface area contributed by atoms with Crippen LogP contribution in [0.4, 0.5) is 0 Å². The molecule has 3 aromatic rings. The Morgan fingerprint density at radius 2 is 1.73 bits per heavy atom. The third kappa shape index (κ3) is 6.45. The first kappa shape index (κ1) is 26.6. The standard InChI is InChI=1S/C26H26O6.Na/c1-3-5-22-23(13-12-21(16(2)27)25(22)29)32-15-17-8-10-18(11-9-17)24(28)19-6-4-7-20(14-19)26(30)31;/h4,6-14,24,28-29H,3,5,15H2,1-2H3,(H,30,31);/q;+1/p-1. The van der Waals surface area contributed by atoms with E-state index in [0.717, 1.165) is 12.0 Å². The van der Waals surface area contributed by atoms with Crippen molar-refractivity contribution in [3.8, 4) is 11.5 Å². The molecule has 3 rings (SSSR count). The number of phenols is 1. The Bertz CT molecular complexity index is 1120. The minimum Gasteiger partial charge on any atom is -0.545 e. The van der Waals surface area contributed by atoms with Crippen molar-refractivity contribution in [2.45, 2.75) is 39.4 Å². The normalized spacial score (nSPS) is 11.4. The van der Waals surface area contributed by atoms with Gasteiger partial charge in [0.15, 0.2) is 5.78 Å². The summed E-state index contributed by atoms with van der Waals surface area (Å²) in [4.78, 5) is 22.7. The molecule has 0 heterocycles. The summed E-state index contributed by atoms with van der Waals surface area (Å²) < 4.78 is 5.91. The van der Waals surface area contributed by atoms with Crippen LogP contribution in [0.25, 0.3) is 0 Å². The number of aliphatic hydroxyl groups excluding tert-OH is 1. The van der Waals surface area contributed by atoms with Crippen LogP contribution in [-0.2, 0) is 13.0 Å². The molecular formula is C26H25NaO6. The smallest absolute Gasteiger partial charge is 0.545 e. The van der Waals surface area contributed by atoms with E-state index in [2.05, 4.69) is 0 Å². The number of phenolic OH excluding ortho intramolecular Hbond substituents is 1. The number of carboxylic acid groups (broad SMARTS) is 1. The number of aromatic hydroxyl groups is 1. The summed E-state index contributed by atoms with van der Waals surface area (Å²) in [6.07, 6.45) is 0.395. The molecule has 0 aliphatic rings. The Morgan fingerprint density at radius 1 is 1.03 bits per heavy atom. The second-order valence-electron chi connectivity index (χ2n) is 7.59. The molecule has 6 nitrogen and oxygen atoms in total. The average molecular weight is 456 g/mol. The fourth-order valence-corrected chi connectivity index (χ4v) is 3.51. The van der Waals surface area contributed by atoms with Gasteiger partial charge in [0.25, 0.3) is 0 Å². The molecule has 2 N–H and O–H groups in total. The third-order valence-electron chi connectivity index (χ3n) is 5.25. The molecular weight excluding hydrogens is 431 g/mol. The van der Waals surface area contributed by atoms with E-state index in [9.17, 15) is 24.9 Å². The molecule has 166 valence electrons. The maximum atomic E-state index is 11.7. The fourth-order valence-electron chi connectivity index (χ4n) is 3.51. The van der Waals surface area contributed by atoms with Crippen LogP contribution in [0.15, 0.2) is 60.7 Å². The molecule has 0 aliphatic carbocycles. The van der Waals surface area contributed by atoms with Crippen LogP contribution >= 0.6 is 0 Å². The predicted molar refractivity (Wildman–Crippen MR) is 118 cm³/mol. The predicted octanol–water partition coefficient (Wildman–Crippen LogP) is 0.575. The number of ketones is 1. The number of hydrogen-bond acceptors (Lipinski definition) is 6.